The molecule has 0 saturated carbocycles. The summed E-state index contributed by atoms with van der Waals surface area (Å²) >= 11 is 0. The molecule has 0 radical (unpaired) electrons. The van der Waals surface area contributed by atoms with E-state index in [-0.39, 0.29) is 0 Å². The normalized spacial score (nSPS) is 15.6. The number of likely N-dealkylation sites (tertiary alicyclic amines) is 1. The third kappa shape index (κ3) is 5.66. The summed E-state index contributed by atoms with van der Waals surface area (Å²) in [6.45, 7) is 3.73. The summed E-state index contributed by atoms with van der Waals surface area (Å²) in [5.41, 5.74) is 1.83. The van der Waals surface area contributed by atoms with Crippen LogP contribution in [0.25, 0.3) is 0 Å². The maximum absolute atomic E-state index is 13.3. The molecule has 1 aliphatic heterocycles. The smallest absolute Gasteiger partial charge is 0.159 e. The van der Waals surface area contributed by atoms with Crippen molar-refractivity contribution in [1.29, 1.82) is 0 Å². The van der Waals surface area contributed by atoms with Gasteiger partial charge < -0.3 is 14.2 Å². The zero-order valence-corrected chi connectivity index (χ0v) is 16.4. The van der Waals surface area contributed by atoms with Gasteiger partial charge in [-0.15, -0.1) is 0 Å². The highest BCUT2D eigenvalue weighted by atomic mass is 19.2. The van der Waals surface area contributed by atoms with E-state index in [0.717, 1.165) is 48.6 Å². The first-order valence-electron chi connectivity index (χ1n) is 9.53. The van der Waals surface area contributed by atoms with Crippen LogP contribution in [0.4, 0.5) is 8.78 Å². The Hall–Kier alpha value is -2.18. The van der Waals surface area contributed by atoms with Crippen LogP contribution in [0.2, 0.25) is 0 Å². The summed E-state index contributed by atoms with van der Waals surface area (Å²) in [6, 6.07) is 9.87. The molecular weight excluding hydrogens is 364 g/mol. The van der Waals surface area contributed by atoms with Crippen molar-refractivity contribution in [2.45, 2.75) is 26.0 Å². The second kappa shape index (κ2) is 9.85. The first-order chi connectivity index (χ1) is 13.6. The lowest BCUT2D eigenvalue weighted by molar-refractivity contribution is 0.0560. The molecule has 1 fully saturated rings. The highest BCUT2D eigenvalue weighted by Crippen LogP contribution is 2.24. The zero-order chi connectivity index (χ0) is 19.9. The number of halogens is 2. The van der Waals surface area contributed by atoms with Crippen LogP contribution in [0.3, 0.4) is 0 Å². The van der Waals surface area contributed by atoms with Gasteiger partial charge in [0.05, 0.1) is 20.8 Å². The molecule has 1 saturated heterocycles. The van der Waals surface area contributed by atoms with Crippen LogP contribution in [-0.2, 0) is 17.9 Å². The summed E-state index contributed by atoms with van der Waals surface area (Å²) < 4.78 is 42.9. The number of benzene rings is 2. The Balaban J connectivity index is 1.41. The first kappa shape index (κ1) is 20.6. The van der Waals surface area contributed by atoms with Gasteiger partial charge in [0.1, 0.15) is 11.5 Å². The van der Waals surface area contributed by atoms with E-state index in [2.05, 4.69) is 4.90 Å². The molecule has 1 aliphatic rings. The fraction of sp³-hybridized carbons (Fsp3) is 0.455. The molecule has 6 heteroatoms. The molecule has 0 amide bonds. The van der Waals surface area contributed by atoms with E-state index in [1.54, 1.807) is 20.3 Å². The van der Waals surface area contributed by atoms with Gasteiger partial charge >= 0.3 is 0 Å². The van der Waals surface area contributed by atoms with Crippen LogP contribution in [0.15, 0.2) is 36.4 Å². The van der Waals surface area contributed by atoms with Gasteiger partial charge in [-0.05, 0) is 67.2 Å². The molecule has 28 heavy (non-hydrogen) atoms. The minimum absolute atomic E-state index is 0.508. The van der Waals surface area contributed by atoms with Crippen molar-refractivity contribution >= 4 is 0 Å². The Morgan fingerprint density at radius 3 is 2.18 bits per heavy atom. The van der Waals surface area contributed by atoms with Crippen molar-refractivity contribution in [2.75, 3.05) is 33.9 Å². The van der Waals surface area contributed by atoms with Crippen LogP contribution in [-0.4, -0.2) is 38.8 Å². The van der Waals surface area contributed by atoms with E-state index in [1.165, 1.54) is 12.1 Å². The Morgan fingerprint density at radius 1 is 0.893 bits per heavy atom. The van der Waals surface area contributed by atoms with Crippen LogP contribution >= 0.6 is 0 Å². The summed E-state index contributed by atoms with van der Waals surface area (Å²) in [5, 5.41) is 0. The Bertz CT molecular complexity index is 754. The molecule has 4 nitrogen and oxygen atoms in total. The predicted molar refractivity (Wildman–Crippen MR) is 104 cm³/mol. The van der Waals surface area contributed by atoms with Gasteiger partial charge in [-0.3, -0.25) is 4.90 Å². The second-order valence-corrected chi connectivity index (χ2v) is 7.20. The Kier molecular flexibility index (Phi) is 7.23. The summed E-state index contributed by atoms with van der Waals surface area (Å²) in [5.74, 6) is 0.434. The standard InChI is InChI=1S/C22H27F2NO3/c1-26-19-9-18(10-20(12-19)27-2)15-28-14-16-5-7-25(8-6-16)13-17-3-4-21(23)22(24)11-17/h3-4,9-12,16H,5-8,13-15H2,1-2H3. The molecule has 0 spiro atoms. The van der Waals surface area contributed by atoms with Crippen LogP contribution in [0.1, 0.15) is 24.0 Å². The fourth-order valence-electron chi connectivity index (χ4n) is 3.50. The minimum Gasteiger partial charge on any atom is -0.497 e. The highest BCUT2D eigenvalue weighted by molar-refractivity contribution is 5.38. The van der Waals surface area contributed by atoms with Gasteiger partial charge in [0.2, 0.25) is 0 Å². The van der Waals surface area contributed by atoms with Crippen molar-refractivity contribution in [3.63, 3.8) is 0 Å². The number of nitrogens with zero attached hydrogens (tertiary/aromatic N) is 1. The van der Waals surface area contributed by atoms with E-state index in [9.17, 15) is 8.78 Å². The number of piperidine rings is 1. The lowest BCUT2D eigenvalue weighted by Gasteiger charge is -2.31. The van der Waals surface area contributed by atoms with E-state index < -0.39 is 11.6 Å². The molecule has 0 atom stereocenters. The molecule has 0 bridgehead atoms. The largest absolute Gasteiger partial charge is 0.497 e. The number of ether oxygens (including phenoxy) is 3. The average molecular weight is 391 g/mol. The Morgan fingerprint density at radius 2 is 1.57 bits per heavy atom. The van der Waals surface area contributed by atoms with Crippen LogP contribution in [0, 0.1) is 17.6 Å². The zero-order valence-electron chi connectivity index (χ0n) is 16.4. The van der Waals surface area contributed by atoms with Crippen LogP contribution < -0.4 is 9.47 Å². The SMILES string of the molecule is COc1cc(COCC2CCN(Cc3ccc(F)c(F)c3)CC2)cc(OC)c1. The molecule has 0 aromatic heterocycles. The van der Waals surface area contributed by atoms with Crippen molar-refractivity contribution in [1.82, 2.24) is 4.90 Å². The third-order valence-corrected chi connectivity index (χ3v) is 5.13. The number of hydrogen-bond acceptors (Lipinski definition) is 4. The molecule has 0 N–H and O–H groups in total. The minimum atomic E-state index is -0.798. The topological polar surface area (TPSA) is 30.9 Å². The quantitative estimate of drug-likeness (QED) is 0.667. The lowest BCUT2D eigenvalue weighted by Crippen LogP contribution is -2.34. The van der Waals surface area contributed by atoms with E-state index in [4.69, 9.17) is 14.2 Å². The summed E-state index contributed by atoms with van der Waals surface area (Å²) in [4.78, 5) is 2.27. The second-order valence-electron chi connectivity index (χ2n) is 7.20. The number of rotatable bonds is 8. The molecule has 3 rings (SSSR count). The molecule has 0 aliphatic carbocycles. The third-order valence-electron chi connectivity index (χ3n) is 5.13. The average Bonchev–Trinajstić information content (AvgIpc) is 2.71. The maximum Gasteiger partial charge on any atom is 0.159 e. The van der Waals surface area contributed by atoms with Crippen molar-refractivity contribution < 1.29 is 23.0 Å². The van der Waals surface area contributed by atoms with Crippen molar-refractivity contribution in [2.24, 2.45) is 5.92 Å². The maximum atomic E-state index is 13.3. The van der Waals surface area contributed by atoms with Gasteiger partial charge in [-0.1, -0.05) is 6.07 Å². The van der Waals surface area contributed by atoms with Gasteiger partial charge in [0.25, 0.3) is 0 Å². The summed E-state index contributed by atoms with van der Waals surface area (Å²) in [7, 11) is 3.26. The van der Waals surface area contributed by atoms with Gasteiger partial charge in [0.15, 0.2) is 11.6 Å². The van der Waals surface area contributed by atoms with Gasteiger partial charge in [-0.25, -0.2) is 8.78 Å². The summed E-state index contributed by atoms with van der Waals surface area (Å²) in [6.07, 6.45) is 2.07. The van der Waals surface area contributed by atoms with Gasteiger partial charge in [0, 0.05) is 19.2 Å². The van der Waals surface area contributed by atoms with E-state index in [1.807, 2.05) is 18.2 Å². The monoisotopic (exact) mass is 391 g/mol. The molecule has 0 unspecified atom stereocenters. The molecule has 2 aromatic carbocycles. The predicted octanol–water partition coefficient (Wildman–Crippen LogP) is 4.41. The Labute approximate surface area is 165 Å². The molecule has 152 valence electrons. The molecule has 2 aromatic rings. The molecule has 1 heterocycles. The number of methoxy groups -OCH3 is 2. The number of hydrogen-bond donors (Lipinski definition) is 0. The van der Waals surface area contributed by atoms with Crippen molar-refractivity contribution in [3.05, 3.63) is 59.2 Å². The van der Waals surface area contributed by atoms with E-state index >= 15 is 0 Å². The fourth-order valence-corrected chi connectivity index (χ4v) is 3.50. The first-order valence-corrected chi connectivity index (χ1v) is 9.53. The van der Waals surface area contributed by atoms with Crippen molar-refractivity contribution in [3.8, 4) is 11.5 Å². The molecular formula is C22H27F2NO3. The highest BCUT2D eigenvalue weighted by Gasteiger charge is 2.20. The van der Waals surface area contributed by atoms with Crippen LogP contribution in [0.5, 0.6) is 11.5 Å². The van der Waals surface area contributed by atoms with E-state index in [0.29, 0.717) is 25.7 Å². The lowest BCUT2D eigenvalue weighted by atomic mass is 9.97. The van der Waals surface area contributed by atoms with Gasteiger partial charge in [-0.2, -0.15) is 0 Å².